The average Bonchev–Trinajstić information content (AvgIpc) is 2.30. The van der Waals surface area contributed by atoms with Crippen LogP contribution < -0.4 is 4.90 Å². The zero-order valence-corrected chi connectivity index (χ0v) is 9.00. The molecule has 0 amide bonds. The second-order valence-corrected chi connectivity index (χ2v) is 4.07. The van der Waals surface area contributed by atoms with Gasteiger partial charge in [-0.25, -0.2) is 0 Å². The maximum absolute atomic E-state index is 2.50. The van der Waals surface area contributed by atoms with Gasteiger partial charge in [-0.2, -0.15) is 0 Å². The van der Waals surface area contributed by atoms with Gasteiger partial charge in [-0.1, -0.05) is 19.1 Å². The smallest absolute Gasteiger partial charge is 0.0366 e. The third-order valence-corrected chi connectivity index (χ3v) is 3.07. The quantitative estimate of drug-likeness (QED) is 0.690. The van der Waals surface area contributed by atoms with Gasteiger partial charge in [-0.3, -0.25) is 0 Å². The van der Waals surface area contributed by atoms with Gasteiger partial charge in [0.05, 0.1) is 0 Å². The van der Waals surface area contributed by atoms with Crippen LogP contribution in [0.2, 0.25) is 0 Å². The van der Waals surface area contributed by atoms with Crippen LogP contribution in [0.4, 0.5) is 5.69 Å². The fourth-order valence-electron chi connectivity index (χ4n) is 2.09. The number of rotatable bonds is 2. The molecule has 14 heavy (non-hydrogen) atoms. The molecule has 0 atom stereocenters. The summed E-state index contributed by atoms with van der Waals surface area (Å²) in [6.45, 7) is 4.69. The number of benzene rings is 1. The van der Waals surface area contributed by atoms with Gasteiger partial charge in [0, 0.05) is 18.8 Å². The van der Waals surface area contributed by atoms with Gasteiger partial charge in [0.15, 0.2) is 0 Å². The summed E-state index contributed by atoms with van der Waals surface area (Å²) in [5, 5.41) is 0. The van der Waals surface area contributed by atoms with Crippen LogP contribution in [0, 0.1) is 0 Å². The highest BCUT2D eigenvalue weighted by molar-refractivity contribution is 5.47. The minimum Gasteiger partial charge on any atom is -0.372 e. The van der Waals surface area contributed by atoms with Gasteiger partial charge in [-0.15, -0.1) is 0 Å². The molecule has 1 saturated heterocycles. The van der Waals surface area contributed by atoms with Crippen molar-refractivity contribution < 1.29 is 0 Å². The molecule has 0 radical (unpaired) electrons. The summed E-state index contributed by atoms with van der Waals surface area (Å²) in [4.78, 5) is 2.50. The summed E-state index contributed by atoms with van der Waals surface area (Å²) in [6.07, 6.45) is 5.26. The van der Waals surface area contributed by atoms with Crippen LogP contribution in [0.1, 0.15) is 31.7 Å². The molecule has 1 heteroatoms. The maximum Gasteiger partial charge on any atom is 0.0366 e. The Bertz CT molecular complexity index is 270. The number of nitrogens with zero attached hydrogens (tertiary/aromatic N) is 1. The first-order valence-electron chi connectivity index (χ1n) is 5.74. The molecule has 0 bridgehead atoms. The lowest BCUT2D eigenvalue weighted by atomic mass is 10.1. The minimum atomic E-state index is 1.14. The monoisotopic (exact) mass is 189 g/mol. The molecule has 0 N–H and O–H groups in total. The predicted octanol–water partition coefficient (Wildman–Crippen LogP) is 3.24. The maximum atomic E-state index is 2.50. The zero-order chi connectivity index (χ0) is 9.80. The van der Waals surface area contributed by atoms with Crippen LogP contribution in [0.25, 0.3) is 0 Å². The Morgan fingerprint density at radius 2 is 1.64 bits per heavy atom. The normalized spacial score (nSPS) is 17.1. The van der Waals surface area contributed by atoms with Crippen LogP contribution in [0.3, 0.4) is 0 Å². The molecule has 1 aliphatic rings. The fourth-order valence-corrected chi connectivity index (χ4v) is 2.09. The van der Waals surface area contributed by atoms with Gasteiger partial charge < -0.3 is 4.90 Å². The second-order valence-electron chi connectivity index (χ2n) is 4.07. The van der Waals surface area contributed by atoms with E-state index in [0.29, 0.717) is 0 Å². The van der Waals surface area contributed by atoms with Gasteiger partial charge >= 0.3 is 0 Å². The topological polar surface area (TPSA) is 3.24 Å². The number of piperidine rings is 1. The standard InChI is InChI=1S/C13H19N/c1-2-12-6-8-13(9-7-12)14-10-4-3-5-11-14/h6-9H,2-5,10-11H2,1H3. The van der Waals surface area contributed by atoms with Crippen LogP contribution in [-0.2, 0) is 6.42 Å². The van der Waals surface area contributed by atoms with Crippen molar-refractivity contribution in [1.82, 2.24) is 0 Å². The Morgan fingerprint density at radius 3 is 2.21 bits per heavy atom. The van der Waals surface area contributed by atoms with E-state index >= 15 is 0 Å². The van der Waals surface area contributed by atoms with Gasteiger partial charge in [0.2, 0.25) is 0 Å². The SMILES string of the molecule is CCc1ccc(N2CCCCC2)cc1. The molecule has 1 fully saturated rings. The molecule has 1 aromatic carbocycles. The van der Waals surface area contributed by atoms with Crippen molar-refractivity contribution in [1.29, 1.82) is 0 Å². The van der Waals surface area contributed by atoms with E-state index in [9.17, 15) is 0 Å². The molecule has 2 rings (SSSR count). The Kier molecular flexibility index (Phi) is 3.07. The lowest BCUT2D eigenvalue weighted by molar-refractivity contribution is 0.578. The van der Waals surface area contributed by atoms with E-state index in [2.05, 4.69) is 36.1 Å². The molecule has 0 spiro atoms. The molecular weight excluding hydrogens is 170 g/mol. The zero-order valence-electron chi connectivity index (χ0n) is 9.00. The van der Waals surface area contributed by atoms with Crippen molar-refractivity contribution in [2.24, 2.45) is 0 Å². The van der Waals surface area contributed by atoms with E-state index in [1.54, 1.807) is 0 Å². The van der Waals surface area contributed by atoms with E-state index in [4.69, 9.17) is 0 Å². The van der Waals surface area contributed by atoms with E-state index < -0.39 is 0 Å². The molecule has 76 valence electrons. The molecule has 0 aliphatic carbocycles. The minimum absolute atomic E-state index is 1.14. The van der Waals surface area contributed by atoms with Crippen LogP contribution in [0.15, 0.2) is 24.3 Å². The Balaban J connectivity index is 2.07. The van der Waals surface area contributed by atoms with Crippen molar-refractivity contribution in [3.05, 3.63) is 29.8 Å². The van der Waals surface area contributed by atoms with E-state index in [1.165, 1.54) is 43.6 Å². The van der Waals surface area contributed by atoms with Gasteiger partial charge in [0.1, 0.15) is 0 Å². The van der Waals surface area contributed by atoms with Crippen LogP contribution >= 0.6 is 0 Å². The Labute approximate surface area is 86.7 Å². The molecule has 1 aromatic rings. The summed E-state index contributed by atoms with van der Waals surface area (Å²) < 4.78 is 0. The van der Waals surface area contributed by atoms with Crippen molar-refractivity contribution in [2.75, 3.05) is 18.0 Å². The predicted molar refractivity (Wildman–Crippen MR) is 61.9 cm³/mol. The highest BCUT2D eigenvalue weighted by Crippen LogP contribution is 2.20. The summed E-state index contributed by atoms with van der Waals surface area (Å²) in [7, 11) is 0. The molecule has 0 saturated carbocycles. The highest BCUT2D eigenvalue weighted by atomic mass is 15.1. The van der Waals surface area contributed by atoms with Gasteiger partial charge in [0.25, 0.3) is 0 Å². The summed E-state index contributed by atoms with van der Waals surface area (Å²) >= 11 is 0. The second kappa shape index (κ2) is 4.50. The first kappa shape index (κ1) is 9.57. The van der Waals surface area contributed by atoms with E-state index in [-0.39, 0.29) is 0 Å². The summed E-state index contributed by atoms with van der Waals surface area (Å²) in [5.41, 5.74) is 2.84. The highest BCUT2D eigenvalue weighted by Gasteiger charge is 2.09. The number of anilines is 1. The molecule has 0 aromatic heterocycles. The lowest BCUT2D eigenvalue weighted by Crippen LogP contribution is -2.29. The third kappa shape index (κ3) is 2.09. The van der Waals surface area contributed by atoms with Crippen LogP contribution in [0.5, 0.6) is 0 Å². The van der Waals surface area contributed by atoms with Crippen molar-refractivity contribution >= 4 is 5.69 Å². The first-order chi connectivity index (χ1) is 6.90. The fraction of sp³-hybridized carbons (Fsp3) is 0.538. The van der Waals surface area contributed by atoms with Crippen LogP contribution in [-0.4, -0.2) is 13.1 Å². The molecular formula is C13H19N. The molecule has 1 nitrogen and oxygen atoms in total. The van der Waals surface area contributed by atoms with Crippen molar-refractivity contribution in [2.45, 2.75) is 32.6 Å². The van der Waals surface area contributed by atoms with E-state index in [0.717, 1.165) is 6.42 Å². The number of hydrogen-bond donors (Lipinski definition) is 0. The van der Waals surface area contributed by atoms with Gasteiger partial charge in [-0.05, 0) is 43.4 Å². The largest absolute Gasteiger partial charge is 0.372 e. The first-order valence-corrected chi connectivity index (χ1v) is 5.74. The molecule has 0 unspecified atom stereocenters. The summed E-state index contributed by atoms with van der Waals surface area (Å²) in [6, 6.07) is 9.04. The number of hydrogen-bond acceptors (Lipinski definition) is 1. The average molecular weight is 189 g/mol. The van der Waals surface area contributed by atoms with Crippen molar-refractivity contribution in [3.8, 4) is 0 Å². The number of aryl methyl sites for hydroxylation is 1. The Hall–Kier alpha value is -0.980. The summed E-state index contributed by atoms with van der Waals surface area (Å²) in [5.74, 6) is 0. The molecule has 1 aliphatic heterocycles. The van der Waals surface area contributed by atoms with E-state index in [1.807, 2.05) is 0 Å². The Morgan fingerprint density at radius 1 is 1.00 bits per heavy atom. The lowest BCUT2D eigenvalue weighted by Gasteiger charge is -2.28. The van der Waals surface area contributed by atoms with Crippen molar-refractivity contribution in [3.63, 3.8) is 0 Å². The molecule has 1 heterocycles. The third-order valence-electron chi connectivity index (χ3n) is 3.07.